The highest BCUT2D eigenvalue weighted by molar-refractivity contribution is 8.26. The molecule has 9 heteroatoms. The third-order valence-electron chi connectivity index (χ3n) is 6.12. The fourth-order valence-corrected chi connectivity index (χ4v) is 5.40. The van der Waals surface area contributed by atoms with Gasteiger partial charge >= 0.3 is 0 Å². The smallest absolute Gasteiger partial charge is 0.267 e. The van der Waals surface area contributed by atoms with Gasteiger partial charge in [0.05, 0.1) is 17.0 Å². The maximum absolute atomic E-state index is 13.6. The summed E-state index contributed by atoms with van der Waals surface area (Å²) in [6.45, 7) is 5.64. The van der Waals surface area contributed by atoms with Crippen molar-refractivity contribution in [2.24, 2.45) is 0 Å². The van der Waals surface area contributed by atoms with Gasteiger partial charge in [-0.15, -0.1) is 0 Å². The number of rotatable bonds is 4. The number of likely N-dealkylation sites (N-methyl/N-ethyl adjacent to an activating group) is 1. The Bertz CT molecular complexity index is 1360. The SMILES string of the molecule is Cc1ccc2nc(N3CCN(C)CC3)c(/C=C3/SC(=S)N(Cc4ccccc4)C3=O)c(=O)n2c1. The Morgan fingerprint density at radius 3 is 2.53 bits per heavy atom. The first-order chi connectivity index (χ1) is 16.4. The van der Waals surface area contributed by atoms with Gasteiger partial charge < -0.3 is 9.80 Å². The maximum atomic E-state index is 13.6. The molecule has 1 amide bonds. The average Bonchev–Trinajstić information content (AvgIpc) is 3.10. The number of aryl methyl sites for hydroxylation is 1. The van der Waals surface area contributed by atoms with E-state index in [1.807, 2.05) is 49.4 Å². The largest absolute Gasteiger partial charge is 0.353 e. The second-order valence-corrected chi connectivity index (χ2v) is 10.3. The number of hydrogen-bond acceptors (Lipinski definition) is 7. The molecule has 0 N–H and O–H groups in total. The minimum Gasteiger partial charge on any atom is -0.353 e. The summed E-state index contributed by atoms with van der Waals surface area (Å²) in [5, 5.41) is 0. The maximum Gasteiger partial charge on any atom is 0.267 e. The Morgan fingerprint density at radius 1 is 1.06 bits per heavy atom. The molecule has 2 aliphatic heterocycles. The van der Waals surface area contributed by atoms with E-state index in [1.165, 1.54) is 11.8 Å². The van der Waals surface area contributed by atoms with Crippen LogP contribution in [0.5, 0.6) is 0 Å². The van der Waals surface area contributed by atoms with E-state index in [0.717, 1.165) is 37.3 Å². The molecule has 4 heterocycles. The first-order valence-corrected chi connectivity index (χ1v) is 12.4. The Kier molecular flexibility index (Phi) is 6.24. The Hall–Kier alpha value is -3.01. The van der Waals surface area contributed by atoms with Gasteiger partial charge in [-0.1, -0.05) is 60.4 Å². The van der Waals surface area contributed by atoms with Crippen molar-refractivity contribution in [2.75, 3.05) is 38.1 Å². The van der Waals surface area contributed by atoms with Crippen molar-refractivity contribution in [2.45, 2.75) is 13.5 Å². The molecule has 0 radical (unpaired) electrons. The first-order valence-electron chi connectivity index (χ1n) is 11.2. The predicted molar refractivity (Wildman–Crippen MR) is 141 cm³/mol. The summed E-state index contributed by atoms with van der Waals surface area (Å²) in [6.07, 6.45) is 3.47. The standard InChI is InChI=1S/C25H25N5O2S2/c1-17-8-9-21-26-22(28-12-10-27(2)11-13-28)19(23(31)29(21)15-17)14-20-24(32)30(25(33)34-20)16-18-6-4-3-5-7-18/h3-9,14-15H,10-13,16H2,1-2H3/b20-14+. The van der Waals surface area contributed by atoms with Crippen LogP contribution in [0, 0.1) is 6.92 Å². The predicted octanol–water partition coefficient (Wildman–Crippen LogP) is 3.16. The second kappa shape index (κ2) is 9.32. The van der Waals surface area contributed by atoms with Gasteiger partial charge in [0.15, 0.2) is 0 Å². The summed E-state index contributed by atoms with van der Waals surface area (Å²) in [5.41, 5.74) is 2.80. The van der Waals surface area contributed by atoms with E-state index < -0.39 is 0 Å². The Morgan fingerprint density at radius 2 is 1.79 bits per heavy atom. The zero-order valence-corrected chi connectivity index (χ0v) is 20.7. The van der Waals surface area contributed by atoms with Gasteiger partial charge in [0.1, 0.15) is 15.8 Å². The fraction of sp³-hybridized carbons (Fsp3) is 0.280. The van der Waals surface area contributed by atoms with Gasteiger partial charge in [0, 0.05) is 32.4 Å². The van der Waals surface area contributed by atoms with E-state index in [4.69, 9.17) is 17.2 Å². The average molecular weight is 492 g/mol. The van der Waals surface area contributed by atoms with E-state index in [0.29, 0.717) is 32.8 Å². The van der Waals surface area contributed by atoms with Crippen molar-refractivity contribution in [1.82, 2.24) is 19.2 Å². The molecule has 7 nitrogen and oxygen atoms in total. The van der Waals surface area contributed by atoms with Crippen LogP contribution in [0.2, 0.25) is 0 Å². The van der Waals surface area contributed by atoms with Crippen LogP contribution < -0.4 is 10.5 Å². The van der Waals surface area contributed by atoms with Crippen molar-refractivity contribution in [3.05, 3.63) is 80.6 Å². The molecule has 0 unspecified atom stereocenters. The number of piperazine rings is 1. The van der Waals surface area contributed by atoms with Crippen molar-refractivity contribution in [3.8, 4) is 0 Å². The lowest BCUT2D eigenvalue weighted by atomic mass is 10.2. The number of aromatic nitrogens is 2. The minimum atomic E-state index is -0.184. The molecule has 0 saturated carbocycles. The summed E-state index contributed by atoms with van der Waals surface area (Å²) in [6, 6.07) is 13.6. The molecule has 0 bridgehead atoms. The zero-order valence-electron chi connectivity index (χ0n) is 19.1. The lowest BCUT2D eigenvalue weighted by Gasteiger charge is -2.34. The lowest BCUT2D eigenvalue weighted by molar-refractivity contribution is -0.122. The number of carbonyl (C=O) groups excluding carboxylic acids is 1. The van der Waals surface area contributed by atoms with Crippen LogP contribution in [0.3, 0.4) is 0 Å². The Labute approximate surface area is 207 Å². The fourth-order valence-electron chi connectivity index (χ4n) is 4.17. The van der Waals surface area contributed by atoms with Crippen LogP contribution in [0.1, 0.15) is 16.7 Å². The molecule has 2 fully saturated rings. The summed E-state index contributed by atoms with van der Waals surface area (Å²) in [7, 11) is 2.09. The number of carbonyl (C=O) groups is 1. The molecule has 2 aromatic heterocycles. The molecule has 2 saturated heterocycles. The van der Waals surface area contributed by atoms with E-state index >= 15 is 0 Å². The van der Waals surface area contributed by atoms with Crippen LogP contribution in [-0.4, -0.2) is 62.6 Å². The highest BCUT2D eigenvalue weighted by atomic mass is 32.2. The summed E-state index contributed by atoms with van der Waals surface area (Å²) < 4.78 is 2.05. The van der Waals surface area contributed by atoms with Crippen LogP contribution in [0.15, 0.2) is 58.4 Å². The Balaban J connectivity index is 1.57. The van der Waals surface area contributed by atoms with Gasteiger partial charge in [-0.25, -0.2) is 4.98 Å². The summed E-state index contributed by atoms with van der Waals surface area (Å²) in [5.74, 6) is 0.437. The van der Waals surface area contributed by atoms with E-state index in [2.05, 4.69) is 16.8 Å². The second-order valence-electron chi connectivity index (χ2n) is 8.63. The third kappa shape index (κ3) is 4.38. The topological polar surface area (TPSA) is 61.2 Å². The molecule has 174 valence electrons. The number of thioether (sulfide) groups is 1. The molecule has 2 aliphatic rings. The number of thiocarbonyl (C=S) groups is 1. The van der Waals surface area contributed by atoms with Gasteiger partial charge in [-0.2, -0.15) is 0 Å². The van der Waals surface area contributed by atoms with Gasteiger partial charge in [0.25, 0.3) is 11.5 Å². The number of fused-ring (bicyclic) bond motifs is 1. The third-order valence-corrected chi connectivity index (χ3v) is 7.50. The van der Waals surface area contributed by atoms with E-state index in [1.54, 1.807) is 21.6 Å². The number of anilines is 1. The molecule has 34 heavy (non-hydrogen) atoms. The first kappa shape index (κ1) is 22.8. The van der Waals surface area contributed by atoms with Gasteiger partial charge in [0.2, 0.25) is 0 Å². The van der Waals surface area contributed by atoms with Gasteiger partial charge in [-0.05, 0) is 37.2 Å². The molecule has 3 aromatic rings. The summed E-state index contributed by atoms with van der Waals surface area (Å²) in [4.78, 5) is 38.2. The molecular weight excluding hydrogens is 466 g/mol. The van der Waals surface area contributed by atoms with Gasteiger partial charge in [-0.3, -0.25) is 18.9 Å². The molecule has 0 atom stereocenters. The lowest BCUT2D eigenvalue weighted by Crippen LogP contribution is -2.45. The normalized spacial score (nSPS) is 18.5. The number of pyridine rings is 1. The molecule has 5 rings (SSSR count). The molecule has 0 spiro atoms. The number of amides is 1. The van der Waals surface area contributed by atoms with Crippen molar-refractivity contribution in [3.63, 3.8) is 0 Å². The number of benzene rings is 1. The van der Waals surface area contributed by atoms with Crippen LogP contribution >= 0.6 is 24.0 Å². The quantitative estimate of drug-likeness (QED) is 0.410. The molecule has 1 aromatic carbocycles. The zero-order chi connectivity index (χ0) is 23.8. The molecule has 0 aliphatic carbocycles. The van der Waals surface area contributed by atoms with E-state index in [-0.39, 0.29) is 11.5 Å². The van der Waals surface area contributed by atoms with E-state index in [9.17, 15) is 9.59 Å². The summed E-state index contributed by atoms with van der Waals surface area (Å²) >= 11 is 6.76. The minimum absolute atomic E-state index is 0.183. The monoisotopic (exact) mass is 491 g/mol. The van der Waals surface area contributed by atoms with Crippen LogP contribution in [0.25, 0.3) is 11.7 Å². The number of hydrogen-bond donors (Lipinski definition) is 0. The van der Waals surface area contributed by atoms with Crippen molar-refractivity contribution in [1.29, 1.82) is 0 Å². The van der Waals surface area contributed by atoms with Crippen LogP contribution in [-0.2, 0) is 11.3 Å². The highest BCUT2D eigenvalue weighted by Gasteiger charge is 2.33. The van der Waals surface area contributed by atoms with Crippen LogP contribution in [0.4, 0.5) is 5.82 Å². The van der Waals surface area contributed by atoms with Crippen molar-refractivity contribution >= 4 is 51.7 Å². The number of nitrogens with zero attached hydrogens (tertiary/aromatic N) is 5. The van der Waals surface area contributed by atoms with Crippen molar-refractivity contribution < 1.29 is 4.79 Å². The molecular formula is C25H25N5O2S2. The highest BCUT2D eigenvalue weighted by Crippen LogP contribution is 2.34.